The number of unbranched alkanes of at least 4 members (excludes halogenated alkanes) is 35. The third-order valence-electron chi connectivity index (χ3n) is 12.2. The van der Waals surface area contributed by atoms with Gasteiger partial charge in [-0.1, -0.05) is 251 Å². The molecule has 6 heteroatoms. The second-order valence-corrected chi connectivity index (χ2v) is 18.5. The van der Waals surface area contributed by atoms with Gasteiger partial charge in [-0.2, -0.15) is 0 Å². The smallest absolute Gasteiger partial charge is 0.306 e. The lowest BCUT2D eigenvalue weighted by molar-refractivity contribution is -0.167. The number of ether oxygens (including phenoxy) is 3. The van der Waals surface area contributed by atoms with Gasteiger partial charge >= 0.3 is 17.9 Å². The van der Waals surface area contributed by atoms with Crippen LogP contribution < -0.4 is 0 Å². The number of rotatable bonds is 50. The molecule has 0 rings (SSSR count). The van der Waals surface area contributed by atoms with E-state index in [4.69, 9.17) is 14.2 Å². The van der Waals surface area contributed by atoms with Gasteiger partial charge in [0.15, 0.2) is 6.10 Å². The molecular weight excluding hydrogens is 769 g/mol. The van der Waals surface area contributed by atoms with E-state index in [9.17, 15) is 14.4 Å². The lowest BCUT2D eigenvalue weighted by Crippen LogP contribution is -2.30. The van der Waals surface area contributed by atoms with E-state index in [-0.39, 0.29) is 31.1 Å². The van der Waals surface area contributed by atoms with Crippen LogP contribution in [0.5, 0.6) is 0 Å². The predicted molar refractivity (Wildman–Crippen MR) is 266 cm³/mol. The topological polar surface area (TPSA) is 78.9 Å². The summed E-state index contributed by atoms with van der Waals surface area (Å²) in [6.07, 6.45) is 59.0. The van der Waals surface area contributed by atoms with Crippen molar-refractivity contribution in [2.75, 3.05) is 13.2 Å². The van der Waals surface area contributed by atoms with Crippen molar-refractivity contribution >= 4 is 17.9 Å². The van der Waals surface area contributed by atoms with Crippen LogP contribution >= 0.6 is 0 Å². The molecule has 0 N–H and O–H groups in total. The van der Waals surface area contributed by atoms with Gasteiger partial charge in [0.1, 0.15) is 13.2 Å². The lowest BCUT2D eigenvalue weighted by Gasteiger charge is -2.18. The molecule has 0 aromatic heterocycles. The highest BCUT2D eigenvalue weighted by atomic mass is 16.6. The fourth-order valence-corrected chi connectivity index (χ4v) is 8.06. The first kappa shape index (κ1) is 59.9. The van der Waals surface area contributed by atoms with E-state index < -0.39 is 6.10 Å². The fourth-order valence-electron chi connectivity index (χ4n) is 8.06. The molecular formula is C56H104O6. The maximum Gasteiger partial charge on any atom is 0.306 e. The number of esters is 3. The molecule has 364 valence electrons. The average molecular weight is 873 g/mol. The molecule has 0 amide bonds. The van der Waals surface area contributed by atoms with Crippen LogP contribution in [0.3, 0.4) is 0 Å². The highest BCUT2D eigenvalue weighted by Crippen LogP contribution is 2.16. The number of carbonyl (C=O) groups excluding carboxylic acids is 3. The van der Waals surface area contributed by atoms with E-state index in [0.29, 0.717) is 19.3 Å². The van der Waals surface area contributed by atoms with Crippen molar-refractivity contribution in [1.82, 2.24) is 0 Å². The molecule has 62 heavy (non-hydrogen) atoms. The Kier molecular flexibility index (Phi) is 49.8. The highest BCUT2D eigenvalue weighted by molar-refractivity contribution is 5.71. The first-order chi connectivity index (χ1) is 30.5. The third-order valence-corrected chi connectivity index (χ3v) is 12.2. The molecule has 1 unspecified atom stereocenters. The van der Waals surface area contributed by atoms with Crippen LogP contribution in [0.25, 0.3) is 0 Å². The van der Waals surface area contributed by atoms with Crippen molar-refractivity contribution in [3.05, 3.63) is 24.3 Å². The summed E-state index contributed by atoms with van der Waals surface area (Å²) in [6, 6.07) is 0. The van der Waals surface area contributed by atoms with Crippen LogP contribution in [-0.4, -0.2) is 37.2 Å². The quantitative estimate of drug-likeness (QED) is 0.0262. The van der Waals surface area contributed by atoms with E-state index in [1.165, 1.54) is 193 Å². The Morgan fingerprint density at radius 3 is 0.887 bits per heavy atom. The van der Waals surface area contributed by atoms with Crippen molar-refractivity contribution in [2.24, 2.45) is 0 Å². The molecule has 0 radical (unpaired) electrons. The molecule has 0 aromatic carbocycles. The Balaban J connectivity index is 4.09. The van der Waals surface area contributed by atoms with Crippen LogP contribution in [0.15, 0.2) is 24.3 Å². The normalized spacial score (nSPS) is 12.1. The third kappa shape index (κ3) is 48.9. The molecule has 0 spiro atoms. The van der Waals surface area contributed by atoms with Crippen LogP contribution in [-0.2, 0) is 28.6 Å². The minimum Gasteiger partial charge on any atom is -0.462 e. The lowest BCUT2D eigenvalue weighted by atomic mass is 10.0. The first-order valence-corrected chi connectivity index (χ1v) is 27.3. The Bertz CT molecular complexity index is 1000. The number of carbonyl (C=O) groups is 3. The van der Waals surface area contributed by atoms with Crippen molar-refractivity contribution in [2.45, 2.75) is 303 Å². The zero-order valence-corrected chi connectivity index (χ0v) is 41.7. The van der Waals surface area contributed by atoms with Gasteiger partial charge < -0.3 is 14.2 Å². The molecule has 0 fully saturated rings. The Morgan fingerprint density at radius 1 is 0.323 bits per heavy atom. The van der Waals surface area contributed by atoms with E-state index in [0.717, 1.165) is 64.2 Å². The molecule has 1 atom stereocenters. The molecule has 6 nitrogen and oxygen atoms in total. The van der Waals surface area contributed by atoms with E-state index in [1.807, 2.05) is 0 Å². The van der Waals surface area contributed by atoms with Gasteiger partial charge in [0.25, 0.3) is 0 Å². The van der Waals surface area contributed by atoms with Gasteiger partial charge in [-0.25, -0.2) is 0 Å². The molecule has 0 aliphatic heterocycles. The Hall–Kier alpha value is -2.11. The van der Waals surface area contributed by atoms with Crippen molar-refractivity contribution < 1.29 is 28.6 Å². The molecule has 0 saturated carbocycles. The molecule has 0 saturated heterocycles. The summed E-state index contributed by atoms with van der Waals surface area (Å²) in [5.41, 5.74) is 0. The van der Waals surface area contributed by atoms with E-state index in [2.05, 4.69) is 45.1 Å². The SMILES string of the molecule is CCCCCCC/C=C\C/C=C\CCCCCCCCCCCCCCCC(=O)OCC(COC(=O)CCCCCCCCCC)OC(=O)CCCCCCCCCCCCC. The van der Waals surface area contributed by atoms with E-state index >= 15 is 0 Å². The van der Waals surface area contributed by atoms with E-state index in [1.54, 1.807) is 0 Å². The number of hydrogen-bond donors (Lipinski definition) is 0. The Morgan fingerprint density at radius 2 is 0.581 bits per heavy atom. The van der Waals surface area contributed by atoms with Crippen LogP contribution in [0, 0.1) is 0 Å². The second kappa shape index (κ2) is 51.5. The van der Waals surface area contributed by atoms with Gasteiger partial charge in [-0.05, 0) is 51.4 Å². The first-order valence-electron chi connectivity index (χ1n) is 27.3. The summed E-state index contributed by atoms with van der Waals surface area (Å²) in [5.74, 6) is -0.859. The predicted octanol–water partition coefficient (Wildman–Crippen LogP) is 17.9. The van der Waals surface area contributed by atoms with Crippen molar-refractivity contribution in [1.29, 1.82) is 0 Å². The monoisotopic (exact) mass is 873 g/mol. The summed E-state index contributed by atoms with van der Waals surface area (Å²) in [5, 5.41) is 0. The molecule has 0 aliphatic rings. The molecule has 0 bridgehead atoms. The van der Waals surface area contributed by atoms with Gasteiger partial charge in [-0.3, -0.25) is 14.4 Å². The van der Waals surface area contributed by atoms with Crippen LogP contribution in [0.2, 0.25) is 0 Å². The maximum absolute atomic E-state index is 12.7. The van der Waals surface area contributed by atoms with Crippen molar-refractivity contribution in [3.63, 3.8) is 0 Å². The number of allylic oxidation sites excluding steroid dienone is 4. The summed E-state index contributed by atoms with van der Waals surface area (Å²) in [6.45, 7) is 6.62. The average Bonchev–Trinajstić information content (AvgIpc) is 3.27. The maximum atomic E-state index is 12.7. The summed E-state index contributed by atoms with van der Waals surface area (Å²) < 4.78 is 16.8. The summed E-state index contributed by atoms with van der Waals surface area (Å²) in [7, 11) is 0. The highest BCUT2D eigenvalue weighted by Gasteiger charge is 2.19. The van der Waals surface area contributed by atoms with Gasteiger partial charge in [0.05, 0.1) is 0 Å². The fraction of sp³-hybridized carbons (Fsp3) is 0.875. The Labute approximate surface area is 385 Å². The van der Waals surface area contributed by atoms with Gasteiger partial charge in [-0.15, -0.1) is 0 Å². The van der Waals surface area contributed by atoms with Gasteiger partial charge in [0.2, 0.25) is 0 Å². The van der Waals surface area contributed by atoms with Crippen LogP contribution in [0.1, 0.15) is 297 Å². The minimum atomic E-state index is -0.763. The van der Waals surface area contributed by atoms with Crippen molar-refractivity contribution in [3.8, 4) is 0 Å². The molecule has 0 aliphatic carbocycles. The summed E-state index contributed by atoms with van der Waals surface area (Å²) >= 11 is 0. The molecule has 0 heterocycles. The standard InChI is InChI=1S/C56H104O6/c1-4-7-10-13-16-19-21-22-23-24-25-26-27-28-29-30-31-32-33-34-36-37-40-43-46-49-55(58)61-52-53(51-60-54(57)48-45-42-39-18-15-12-9-6-3)62-56(59)50-47-44-41-38-35-20-17-14-11-8-5-2/h21-22,24-25,53H,4-20,23,26-52H2,1-3H3/b22-21-,25-24-. The van der Waals surface area contributed by atoms with Crippen LogP contribution in [0.4, 0.5) is 0 Å². The largest absolute Gasteiger partial charge is 0.462 e. The second-order valence-electron chi connectivity index (χ2n) is 18.5. The number of hydrogen-bond acceptors (Lipinski definition) is 6. The minimum absolute atomic E-state index is 0.0667. The zero-order chi connectivity index (χ0) is 45.1. The molecule has 0 aromatic rings. The zero-order valence-electron chi connectivity index (χ0n) is 41.7. The van der Waals surface area contributed by atoms with Gasteiger partial charge in [0, 0.05) is 19.3 Å². The summed E-state index contributed by atoms with van der Waals surface area (Å²) in [4.78, 5) is 37.8.